The van der Waals surface area contributed by atoms with Crippen molar-refractivity contribution in [2.75, 3.05) is 37.4 Å². The van der Waals surface area contributed by atoms with Gasteiger partial charge in [-0.15, -0.1) is 0 Å². The Labute approximate surface area is 116 Å². The van der Waals surface area contributed by atoms with Crippen LogP contribution in [0.5, 0.6) is 0 Å². The Morgan fingerprint density at radius 2 is 1.90 bits per heavy atom. The summed E-state index contributed by atoms with van der Waals surface area (Å²) >= 11 is 0. The fourth-order valence-electron chi connectivity index (χ4n) is 1.38. The quantitative estimate of drug-likeness (QED) is 0.757. The lowest BCUT2D eigenvalue weighted by Crippen LogP contribution is -2.20. The van der Waals surface area contributed by atoms with Crippen LogP contribution < -0.4 is 10.6 Å². The van der Waals surface area contributed by atoms with E-state index in [1.54, 1.807) is 13.1 Å². The average molecular weight is 292 g/mol. The summed E-state index contributed by atoms with van der Waals surface area (Å²) < 4.78 is 40.1. The van der Waals surface area contributed by atoms with Crippen LogP contribution >= 0.6 is 0 Å². The van der Waals surface area contributed by atoms with Gasteiger partial charge < -0.3 is 15.4 Å². The van der Waals surface area contributed by atoms with Gasteiger partial charge in [-0.3, -0.25) is 0 Å². The number of alkyl halides is 3. The molecule has 0 saturated carbocycles. The van der Waals surface area contributed by atoms with Gasteiger partial charge in [-0.1, -0.05) is 13.8 Å². The van der Waals surface area contributed by atoms with Crippen molar-refractivity contribution in [3.63, 3.8) is 0 Å². The van der Waals surface area contributed by atoms with Crippen LogP contribution in [-0.4, -0.2) is 43.0 Å². The zero-order valence-corrected chi connectivity index (χ0v) is 11.7. The standard InChI is InChI=1S/C12H19F3N4O/c1-8(2)11-18-9(16-3)6-10(19-11)17-4-5-20-7-12(13,14)15/h6,8H,4-5,7H2,1-3H3,(H2,16,17,18,19). The molecule has 0 aliphatic carbocycles. The Morgan fingerprint density at radius 3 is 2.45 bits per heavy atom. The molecule has 0 amide bonds. The van der Waals surface area contributed by atoms with Gasteiger partial charge in [-0.05, 0) is 0 Å². The number of hydrogen-bond acceptors (Lipinski definition) is 5. The molecular weight excluding hydrogens is 273 g/mol. The zero-order chi connectivity index (χ0) is 15.2. The molecule has 8 heteroatoms. The molecule has 0 unspecified atom stereocenters. The minimum absolute atomic E-state index is 0.0462. The molecule has 1 heterocycles. The molecule has 0 fully saturated rings. The first-order valence-electron chi connectivity index (χ1n) is 6.27. The Morgan fingerprint density at radius 1 is 1.25 bits per heavy atom. The van der Waals surface area contributed by atoms with E-state index in [0.717, 1.165) is 0 Å². The Hall–Kier alpha value is -1.57. The highest BCUT2D eigenvalue weighted by Gasteiger charge is 2.27. The third-order valence-corrected chi connectivity index (χ3v) is 2.33. The van der Waals surface area contributed by atoms with Crippen LogP contribution in [0.1, 0.15) is 25.6 Å². The summed E-state index contributed by atoms with van der Waals surface area (Å²) in [4.78, 5) is 8.57. The van der Waals surface area contributed by atoms with E-state index in [2.05, 4.69) is 25.3 Å². The minimum Gasteiger partial charge on any atom is -0.373 e. The van der Waals surface area contributed by atoms with Crippen LogP contribution in [-0.2, 0) is 4.74 Å². The lowest BCUT2D eigenvalue weighted by molar-refractivity contribution is -0.172. The van der Waals surface area contributed by atoms with Gasteiger partial charge in [0.2, 0.25) is 0 Å². The van der Waals surface area contributed by atoms with E-state index < -0.39 is 12.8 Å². The molecule has 1 rings (SSSR count). The summed E-state index contributed by atoms with van der Waals surface area (Å²) in [7, 11) is 1.74. The first-order valence-corrected chi connectivity index (χ1v) is 6.27. The topological polar surface area (TPSA) is 59.1 Å². The molecular formula is C12H19F3N4O. The molecule has 0 radical (unpaired) electrons. The van der Waals surface area contributed by atoms with Crippen molar-refractivity contribution >= 4 is 11.6 Å². The number of anilines is 2. The summed E-state index contributed by atoms with van der Waals surface area (Å²) in [6, 6.07) is 1.69. The lowest BCUT2D eigenvalue weighted by Gasteiger charge is -2.12. The maximum atomic E-state index is 11.9. The molecule has 0 aliphatic heterocycles. The molecule has 5 nitrogen and oxygen atoms in total. The molecule has 0 bridgehead atoms. The van der Waals surface area contributed by atoms with Gasteiger partial charge in [-0.2, -0.15) is 13.2 Å². The van der Waals surface area contributed by atoms with Crippen LogP contribution in [0.4, 0.5) is 24.8 Å². The second kappa shape index (κ2) is 7.28. The van der Waals surface area contributed by atoms with Crippen LogP contribution in [0.2, 0.25) is 0 Å². The fourth-order valence-corrected chi connectivity index (χ4v) is 1.38. The van der Waals surface area contributed by atoms with Crippen molar-refractivity contribution in [2.45, 2.75) is 25.9 Å². The number of nitrogens with zero attached hydrogens (tertiary/aromatic N) is 2. The van der Waals surface area contributed by atoms with Crippen LogP contribution in [0.3, 0.4) is 0 Å². The molecule has 20 heavy (non-hydrogen) atoms. The summed E-state index contributed by atoms with van der Waals surface area (Å²) in [6.07, 6.45) is -4.29. The van der Waals surface area contributed by atoms with Crippen molar-refractivity contribution in [1.82, 2.24) is 9.97 Å². The normalized spacial score (nSPS) is 11.8. The zero-order valence-electron chi connectivity index (χ0n) is 11.7. The van der Waals surface area contributed by atoms with E-state index in [1.807, 2.05) is 13.8 Å². The first kappa shape index (κ1) is 16.5. The highest BCUT2D eigenvalue weighted by Crippen LogP contribution is 2.17. The Kier molecular flexibility index (Phi) is 6.00. The van der Waals surface area contributed by atoms with Crippen molar-refractivity contribution < 1.29 is 17.9 Å². The Balaban J connectivity index is 2.49. The second-order valence-electron chi connectivity index (χ2n) is 4.50. The van der Waals surface area contributed by atoms with Gasteiger partial charge in [-0.25, -0.2) is 9.97 Å². The maximum Gasteiger partial charge on any atom is 0.411 e. The fraction of sp³-hybridized carbons (Fsp3) is 0.667. The molecule has 1 aromatic rings. The van der Waals surface area contributed by atoms with Gasteiger partial charge in [0, 0.05) is 25.6 Å². The highest BCUT2D eigenvalue weighted by molar-refractivity contribution is 5.47. The number of aromatic nitrogens is 2. The summed E-state index contributed by atoms with van der Waals surface area (Å²) in [5.41, 5.74) is 0. The summed E-state index contributed by atoms with van der Waals surface area (Å²) in [5.74, 6) is 2.03. The maximum absolute atomic E-state index is 11.9. The smallest absolute Gasteiger partial charge is 0.373 e. The predicted molar refractivity (Wildman–Crippen MR) is 71.0 cm³/mol. The largest absolute Gasteiger partial charge is 0.411 e. The first-order chi connectivity index (χ1) is 9.31. The van der Waals surface area contributed by atoms with E-state index in [-0.39, 0.29) is 19.1 Å². The van der Waals surface area contributed by atoms with Crippen LogP contribution in [0.25, 0.3) is 0 Å². The highest BCUT2D eigenvalue weighted by atomic mass is 19.4. The van der Waals surface area contributed by atoms with Crippen molar-refractivity contribution in [3.05, 3.63) is 11.9 Å². The lowest BCUT2D eigenvalue weighted by atomic mass is 10.2. The third kappa shape index (κ3) is 6.05. The van der Waals surface area contributed by atoms with E-state index in [4.69, 9.17) is 0 Å². The molecule has 0 spiro atoms. The molecule has 114 valence electrons. The third-order valence-electron chi connectivity index (χ3n) is 2.33. The van der Waals surface area contributed by atoms with E-state index in [0.29, 0.717) is 17.5 Å². The van der Waals surface area contributed by atoms with E-state index in [9.17, 15) is 13.2 Å². The SMILES string of the molecule is CNc1cc(NCCOCC(F)(F)F)nc(C(C)C)n1. The average Bonchev–Trinajstić information content (AvgIpc) is 2.36. The molecule has 1 aromatic heterocycles. The van der Waals surface area contributed by atoms with Crippen molar-refractivity contribution in [1.29, 1.82) is 0 Å². The molecule has 0 atom stereocenters. The van der Waals surface area contributed by atoms with Gasteiger partial charge in [0.05, 0.1) is 6.61 Å². The van der Waals surface area contributed by atoms with Crippen molar-refractivity contribution in [3.8, 4) is 0 Å². The number of rotatable bonds is 7. The predicted octanol–water partition coefficient (Wildman–Crippen LogP) is 2.63. The molecule has 0 aliphatic rings. The number of nitrogens with one attached hydrogen (secondary N) is 2. The summed E-state index contributed by atoms with van der Waals surface area (Å²) in [6.45, 7) is 2.89. The van der Waals surface area contributed by atoms with E-state index >= 15 is 0 Å². The van der Waals surface area contributed by atoms with Crippen LogP contribution in [0, 0.1) is 0 Å². The van der Waals surface area contributed by atoms with Gasteiger partial charge in [0.25, 0.3) is 0 Å². The number of ether oxygens (including phenoxy) is 1. The van der Waals surface area contributed by atoms with Gasteiger partial charge >= 0.3 is 6.18 Å². The Bertz CT molecular complexity index is 424. The molecule has 0 saturated heterocycles. The van der Waals surface area contributed by atoms with Gasteiger partial charge in [0.1, 0.15) is 24.1 Å². The van der Waals surface area contributed by atoms with Gasteiger partial charge in [0.15, 0.2) is 0 Å². The molecule has 0 aromatic carbocycles. The summed E-state index contributed by atoms with van der Waals surface area (Å²) in [5, 5.41) is 5.83. The van der Waals surface area contributed by atoms with E-state index in [1.165, 1.54) is 0 Å². The second-order valence-corrected chi connectivity index (χ2v) is 4.50. The number of hydrogen-bond donors (Lipinski definition) is 2. The molecule has 2 N–H and O–H groups in total. The monoisotopic (exact) mass is 292 g/mol. The van der Waals surface area contributed by atoms with Crippen molar-refractivity contribution in [2.24, 2.45) is 0 Å². The van der Waals surface area contributed by atoms with Crippen LogP contribution in [0.15, 0.2) is 6.07 Å². The minimum atomic E-state index is -4.29. The number of halogens is 3.